The molecule has 0 spiro atoms. The van der Waals surface area contributed by atoms with Crippen LogP contribution in [-0.2, 0) is 14.3 Å². The van der Waals surface area contributed by atoms with Crippen LogP contribution >= 0.6 is 0 Å². The van der Waals surface area contributed by atoms with Gasteiger partial charge in [-0.15, -0.1) is 0 Å². The van der Waals surface area contributed by atoms with Gasteiger partial charge >= 0.3 is 12.1 Å². The molecule has 0 heterocycles. The fourth-order valence-electron chi connectivity index (χ4n) is 4.04. The number of nitrogens with one attached hydrogen (secondary N) is 2. The Morgan fingerprint density at radius 3 is 2.09 bits per heavy atom. The number of carboxylic acid groups (broad SMARTS) is 1. The molecule has 0 saturated heterocycles. The van der Waals surface area contributed by atoms with E-state index in [1.165, 1.54) is 0 Å². The summed E-state index contributed by atoms with van der Waals surface area (Å²) in [6.45, 7) is 3.61. The summed E-state index contributed by atoms with van der Waals surface area (Å²) in [5.41, 5.74) is 4.46. The van der Waals surface area contributed by atoms with E-state index in [2.05, 4.69) is 22.8 Å². The van der Waals surface area contributed by atoms with Gasteiger partial charge in [-0.25, -0.2) is 4.79 Å². The van der Waals surface area contributed by atoms with E-state index in [1.54, 1.807) is 0 Å². The Morgan fingerprint density at radius 1 is 0.970 bits per heavy atom. The number of carbonyl (C=O) groups is 3. The first-order chi connectivity index (χ1) is 15.8. The number of amides is 2. The largest absolute Gasteiger partial charge is 0.481 e. The van der Waals surface area contributed by atoms with Crippen LogP contribution in [0.15, 0.2) is 48.5 Å². The number of carbonyl (C=O) groups excluding carboxylic acids is 2. The van der Waals surface area contributed by atoms with Crippen molar-refractivity contribution in [3.05, 3.63) is 59.7 Å². The van der Waals surface area contributed by atoms with Crippen LogP contribution in [0.25, 0.3) is 11.1 Å². The molecule has 0 aliphatic heterocycles. The Labute approximate surface area is 193 Å². The fraction of sp³-hybridized carbons (Fsp3) is 0.400. The first-order valence-electron chi connectivity index (χ1n) is 11.0. The van der Waals surface area contributed by atoms with E-state index in [4.69, 9.17) is 9.84 Å². The zero-order valence-corrected chi connectivity index (χ0v) is 18.8. The summed E-state index contributed by atoms with van der Waals surface area (Å²) in [4.78, 5) is 35.2. The Hall–Kier alpha value is -3.39. The molecule has 33 heavy (non-hydrogen) atoms. The maximum Gasteiger partial charge on any atom is 0.407 e. The molecule has 1 unspecified atom stereocenters. The van der Waals surface area contributed by atoms with Gasteiger partial charge in [0.2, 0.25) is 5.91 Å². The van der Waals surface area contributed by atoms with Crippen LogP contribution < -0.4 is 10.6 Å². The molecule has 3 rings (SSSR count). The molecule has 2 aromatic rings. The second kappa shape index (κ2) is 11.0. The molecule has 8 nitrogen and oxygen atoms in total. The summed E-state index contributed by atoms with van der Waals surface area (Å²) in [7, 11) is 0. The maximum absolute atomic E-state index is 12.2. The Kier molecular flexibility index (Phi) is 8.06. The van der Waals surface area contributed by atoms with Crippen LogP contribution in [0.2, 0.25) is 0 Å². The van der Waals surface area contributed by atoms with Crippen molar-refractivity contribution in [2.75, 3.05) is 13.2 Å². The van der Waals surface area contributed by atoms with Crippen molar-refractivity contribution < 1.29 is 29.3 Å². The number of aliphatic hydroxyl groups is 1. The first-order valence-corrected chi connectivity index (χ1v) is 11.0. The minimum Gasteiger partial charge on any atom is -0.481 e. The van der Waals surface area contributed by atoms with Crippen molar-refractivity contribution in [1.82, 2.24) is 10.6 Å². The second-order valence-corrected chi connectivity index (χ2v) is 8.58. The lowest BCUT2D eigenvalue weighted by Gasteiger charge is -2.21. The molecule has 8 heteroatoms. The Balaban J connectivity index is 1.46. The summed E-state index contributed by atoms with van der Waals surface area (Å²) in [6.07, 6.45) is -2.25. The van der Waals surface area contributed by atoms with Crippen molar-refractivity contribution in [2.45, 2.75) is 44.8 Å². The van der Waals surface area contributed by atoms with Crippen LogP contribution in [0, 0.1) is 5.92 Å². The predicted molar refractivity (Wildman–Crippen MR) is 123 cm³/mol. The molecular weight excluding hydrogens is 424 g/mol. The number of aliphatic hydroxyl groups excluding tert-OH is 1. The standard InChI is InChI=1S/C25H30N2O6/c1-15(2)22(12-24(30)31)27-23(29)11-16(28)13-26-25(32)33-14-21-19-9-5-3-7-17(19)18-8-4-6-10-20(18)21/h3-10,15-16,21-22,28H,11-14H2,1-2H3,(H,26,32)(H,27,29)(H,30,31)/t16?,22-/m1/s1. The number of alkyl carbamates (subject to hydrolysis) is 1. The van der Waals surface area contributed by atoms with Crippen LogP contribution in [0.3, 0.4) is 0 Å². The lowest BCUT2D eigenvalue weighted by atomic mass is 9.98. The van der Waals surface area contributed by atoms with Gasteiger partial charge in [-0.05, 0) is 28.2 Å². The lowest BCUT2D eigenvalue weighted by molar-refractivity contribution is -0.138. The molecule has 4 N–H and O–H groups in total. The molecular formula is C25H30N2O6. The fourth-order valence-corrected chi connectivity index (χ4v) is 4.04. The monoisotopic (exact) mass is 454 g/mol. The number of ether oxygens (including phenoxy) is 1. The topological polar surface area (TPSA) is 125 Å². The van der Waals surface area contributed by atoms with Crippen LogP contribution in [0.1, 0.15) is 43.7 Å². The van der Waals surface area contributed by atoms with E-state index in [0.29, 0.717) is 0 Å². The molecule has 2 amide bonds. The molecule has 0 fully saturated rings. The first kappa shape index (κ1) is 24.3. The predicted octanol–water partition coefficient (Wildman–Crippen LogP) is 2.89. The van der Waals surface area contributed by atoms with E-state index in [9.17, 15) is 19.5 Å². The van der Waals surface area contributed by atoms with E-state index in [-0.39, 0.29) is 37.8 Å². The smallest absolute Gasteiger partial charge is 0.407 e. The molecule has 0 aromatic heterocycles. The average Bonchev–Trinajstić information content (AvgIpc) is 3.09. The third-order valence-corrected chi connectivity index (χ3v) is 5.79. The summed E-state index contributed by atoms with van der Waals surface area (Å²) in [5, 5.41) is 24.1. The zero-order valence-electron chi connectivity index (χ0n) is 18.8. The highest BCUT2D eigenvalue weighted by molar-refractivity contribution is 5.79. The number of rotatable bonds is 10. The van der Waals surface area contributed by atoms with Gasteiger partial charge in [-0.2, -0.15) is 0 Å². The van der Waals surface area contributed by atoms with Crippen LogP contribution in [-0.4, -0.2) is 53.5 Å². The molecule has 176 valence electrons. The molecule has 2 atom stereocenters. The van der Waals surface area contributed by atoms with Gasteiger partial charge in [-0.3, -0.25) is 9.59 Å². The van der Waals surface area contributed by atoms with Gasteiger partial charge in [0.05, 0.1) is 18.9 Å². The molecule has 1 aliphatic rings. The third-order valence-electron chi connectivity index (χ3n) is 5.79. The molecule has 0 bridgehead atoms. The number of benzene rings is 2. The molecule has 1 aliphatic carbocycles. The van der Waals surface area contributed by atoms with Gasteiger partial charge in [-0.1, -0.05) is 62.4 Å². The quantitative estimate of drug-likeness (QED) is 0.438. The van der Waals surface area contributed by atoms with Gasteiger partial charge in [0, 0.05) is 18.5 Å². The number of hydrogen-bond acceptors (Lipinski definition) is 5. The number of carboxylic acids is 1. The SMILES string of the molecule is CC(C)[C@@H](CC(=O)O)NC(=O)CC(O)CNC(=O)OCC1c2ccccc2-c2ccccc21. The zero-order chi connectivity index (χ0) is 24.0. The van der Waals surface area contributed by atoms with Crippen molar-refractivity contribution in [3.8, 4) is 11.1 Å². The van der Waals surface area contributed by atoms with E-state index >= 15 is 0 Å². The van der Waals surface area contributed by atoms with Crippen LogP contribution in [0.4, 0.5) is 4.79 Å². The van der Waals surface area contributed by atoms with Crippen molar-refractivity contribution >= 4 is 18.0 Å². The summed E-state index contributed by atoms with van der Waals surface area (Å²) < 4.78 is 5.41. The molecule has 2 aromatic carbocycles. The van der Waals surface area contributed by atoms with Crippen molar-refractivity contribution in [3.63, 3.8) is 0 Å². The summed E-state index contributed by atoms with van der Waals surface area (Å²) >= 11 is 0. The number of aliphatic carboxylic acids is 1. The lowest BCUT2D eigenvalue weighted by Crippen LogP contribution is -2.42. The highest BCUT2D eigenvalue weighted by Crippen LogP contribution is 2.44. The minimum absolute atomic E-state index is 0.0684. The Morgan fingerprint density at radius 2 is 1.55 bits per heavy atom. The highest BCUT2D eigenvalue weighted by atomic mass is 16.5. The minimum atomic E-state index is -1.12. The van der Waals surface area contributed by atoms with Crippen molar-refractivity contribution in [1.29, 1.82) is 0 Å². The number of fused-ring (bicyclic) bond motifs is 3. The van der Waals surface area contributed by atoms with Crippen molar-refractivity contribution in [2.24, 2.45) is 5.92 Å². The van der Waals surface area contributed by atoms with Gasteiger partial charge in [0.1, 0.15) is 6.61 Å². The van der Waals surface area contributed by atoms with Gasteiger partial charge < -0.3 is 25.6 Å². The molecule has 0 radical (unpaired) electrons. The van der Waals surface area contributed by atoms with E-state index in [0.717, 1.165) is 22.3 Å². The number of hydrogen-bond donors (Lipinski definition) is 4. The van der Waals surface area contributed by atoms with Crippen LogP contribution in [0.5, 0.6) is 0 Å². The average molecular weight is 455 g/mol. The third kappa shape index (κ3) is 6.32. The van der Waals surface area contributed by atoms with E-state index < -0.39 is 30.1 Å². The van der Waals surface area contributed by atoms with Gasteiger partial charge in [0.15, 0.2) is 0 Å². The normalized spacial score (nSPS) is 14.2. The maximum atomic E-state index is 12.2. The molecule has 0 saturated carbocycles. The second-order valence-electron chi connectivity index (χ2n) is 8.58. The highest BCUT2D eigenvalue weighted by Gasteiger charge is 2.29. The summed E-state index contributed by atoms with van der Waals surface area (Å²) in [6, 6.07) is 15.5. The van der Waals surface area contributed by atoms with E-state index in [1.807, 2.05) is 50.2 Å². The van der Waals surface area contributed by atoms with Gasteiger partial charge in [0.25, 0.3) is 0 Å². The summed E-state index contributed by atoms with van der Waals surface area (Å²) in [5.74, 6) is -1.62. The Bertz CT molecular complexity index is 960.